The van der Waals surface area contributed by atoms with Gasteiger partial charge in [-0.05, 0) is 47.5 Å². The molecule has 0 bridgehead atoms. The van der Waals surface area contributed by atoms with E-state index in [4.69, 9.17) is 11.6 Å². The second kappa shape index (κ2) is 8.59. The fourth-order valence-electron chi connectivity index (χ4n) is 3.59. The van der Waals surface area contributed by atoms with Gasteiger partial charge in [-0.3, -0.25) is 9.78 Å². The summed E-state index contributed by atoms with van der Waals surface area (Å²) >= 11 is 6.30. The van der Waals surface area contributed by atoms with Crippen molar-refractivity contribution in [2.75, 3.05) is 5.32 Å². The quantitative estimate of drug-likeness (QED) is 0.518. The Hall–Kier alpha value is -3.06. The lowest BCUT2D eigenvalue weighted by Gasteiger charge is -2.36. The third-order valence-electron chi connectivity index (χ3n) is 5.14. The molecule has 8 heteroatoms. The van der Waals surface area contributed by atoms with E-state index in [-0.39, 0.29) is 0 Å². The number of amides is 1. The Morgan fingerprint density at radius 3 is 2.45 bits per heavy atom. The first kappa shape index (κ1) is 21.2. The van der Waals surface area contributed by atoms with E-state index in [1.165, 1.54) is 12.1 Å². The van der Waals surface area contributed by atoms with Crippen molar-refractivity contribution < 1.29 is 18.0 Å². The van der Waals surface area contributed by atoms with Gasteiger partial charge in [0.1, 0.15) is 11.9 Å². The van der Waals surface area contributed by atoms with Gasteiger partial charge in [-0.15, -0.1) is 0 Å². The smallest absolute Gasteiger partial charge is 0.252 e. The number of nitrogens with one attached hydrogen (secondary N) is 2. The predicted molar refractivity (Wildman–Crippen MR) is 114 cm³/mol. The highest BCUT2D eigenvalue weighted by molar-refractivity contribution is 6.31. The molecule has 1 amide bonds. The van der Waals surface area contributed by atoms with Crippen LogP contribution in [0.25, 0.3) is 11.1 Å². The molecule has 0 radical (unpaired) electrons. The fourth-order valence-corrected chi connectivity index (χ4v) is 3.84. The first-order valence-electron chi connectivity index (χ1n) is 9.71. The van der Waals surface area contributed by atoms with E-state index in [0.717, 1.165) is 5.56 Å². The summed E-state index contributed by atoms with van der Waals surface area (Å²) in [6.07, 6.45) is 2.39. The van der Waals surface area contributed by atoms with E-state index in [9.17, 15) is 18.0 Å². The van der Waals surface area contributed by atoms with E-state index in [1.807, 2.05) is 0 Å². The maximum absolute atomic E-state index is 14.3. The number of rotatable bonds is 6. The van der Waals surface area contributed by atoms with Gasteiger partial charge in [0.05, 0.1) is 0 Å². The summed E-state index contributed by atoms with van der Waals surface area (Å²) in [6, 6.07) is 13.0. The van der Waals surface area contributed by atoms with Crippen LogP contribution in [0.15, 0.2) is 67.0 Å². The van der Waals surface area contributed by atoms with Crippen LogP contribution in [0, 0.1) is 5.82 Å². The van der Waals surface area contributed by atoms with Gasteiger partial charge >= 0.3 is 0 Å². The molecule has 160 valence electrons. The lowest BCUT2D eigenvalue weighted by molar-refractivity contribution is -0.130. The molecule has 1 aliphatic rings. The molecule has 1 aromatic heterocycles. The van der Waals surface area contributed by atoms with Crippen molar-refractivity contribution in [2.45, 2.75) is 30.8 Å². The van der Waals surface area contributed by atoms with Crippen LogP contribution in [0.5, 0.6) is 0 Å². The minimum absolute atomic E-state index is 0.333. The van der Waals surface area contributed by atoms with Crippen molar-refractivity contribution in [3.8, 4) is 11.1 Å². The molecule has 1 aliphatic carbocycles. The van der Waals surface area contributed by atoms with Crippen LogP contribution in [0.1, 0.15) is 24.4 Å². The molecule has 1 fully saturated rings. The van der Waals surface area contributed by atoms with Crippen molar-refractivity contribution in [1.82, 2.24) is 10.3 Å². The topological polar surface area (TPSA) is 54.0 Å². The SMILES string of the molecule is O=C(NC1CC(F)(F)C1)C(Nc1cc(F)cc(-c2ccncc2)c1)c1ccccc1Cl. The highest BCUT2D eigenvalue weighted by Gasteiger charge is 2.46. The van der Waals surface area contributed by atoms with Gasteiger partial charge in [-0.2, -0.15) is 0 Å². The van der Waals surface area contributed by atoms with Crippen LogP contribution >= 0.6 is 11.6 Å². The minimum atomic E-state index is -2.76. The number of benzene rings is 2. The summed E-state index contributed by atoms with van der Waals surface area (Å²) in [5, 5.41) is 5.99. The zero-order chi connectivity index (χ0) is 22.0. The Balaban J connectivity index is 1.63. The Labute approximate surface area is 182 Å². The third-order valence-corrected chi connectivity index (χ3v) is 5.48. The van der Waals surface area contributed by atoms with Gasteiger partial charge < -0.3 is 10.6 Å². The van der Waals surface area contributed by atoms with Crippen molar-refractivity contribution in [2.24, 2.45) is 0 Å². The Bertz CT molecular complexity index is 1090. The van der Waals surface area contributed by atoms with Crippen LogP contribution < -0.4 is 10.6 Å². The lowest BCUT2D eigenvalue weighted by atomic mass is 9.88. The fraction of sp³-hybridized carbons (Fsp3) is 0.217. The summed E-state index contributed by atoms with van der Waals surface area (Å²) in [5.74, 6) is -3.76. The molecule has 1 unspecified atom stereocenters. The molecule has 4 rings (SSSR count). The van der Waals surface area contributed by atoms with Crippen LogP contribution in [0.4, 0.5) is 18.9 Å². The molecule has 2 N–H and O–H groups in total. The Morgan fingerprint density at radius 1 is 1.06 bits per heavy atom. The second-order valence-corrected chi connectivity index (χ2v) is 7.94. The van der Waals surface area contributed by atoms with Crippen molar-refractivity contribution in [1.29, 1.82) is 0 Å². The first-order chi connectivity index (χ1) is 14.8. The summed E-state index contributed by atoms with van der Waals surface area (Å²) in [6.45, 7) is 0. The molecule has 31 heavy (non-hydrogen) atoms. The largest absolute Gasteiger partial charge is 0.370 e. The zero-order valence-electron chi connectivity index (χ0n) is 16.3. The van der Waals surface area contributed by atoms with Crippen LogP contribution in [0.2, 0.25) is 5.02 Å². The number of aromatic nitrogens is 1. The number of carbonyl (C=O) groups is 1. The average molecular weight is 446 g/mol. The molecule has 1 heterocycles. The number of alkyl halides is 2. The highest BCUT2D eigenvalue weighted by Crippen LogP contribution is 2.38. The third kappa shape index (κ3) is 4.99. The van der Waals surface area contributed by atoms with Gasteiger partial charge in [0.2, 0.25) is 5.91 Å². The van der Waals surface area contributed by atoms with Gasteiger partial charge in [0, 0.05) is 47.6 Å². The number of pyridine rings is 1. The van der Waals surface area contributed by atoms with Gasteiger partial charge in [-0.25, -0.2) is 13.2 Å². The molecule has 4 nitrogen and oxygen atoms in total. The monoisotopic (exact) mass is 445 g/mol. The van der Waals surface area contributed by atoms with Crippen LogP contribution in [0.3, 0.4) is 0 Å². The van der Waals surface area contributed by atoms with E-state index in [1.54, 1.807) is 54.9 Å². The number of anilines is 1. The van der Waals surface area contributed by atoms with Crippen molar-refractivity contribution in [3.05, 3.63) is 83.4 Å². The maximum Gasteiger partial charge on any atom is 0.252 e. The van der Waals surface area contributed by atoms with E-state index >= 15 is 0 Å². The van der Waals surface area contributed by atoms with Gasteiger partial charge in [0.15, 0.2) is 0 Å². The number of halogens is 4. The van der Waals surface area contributed by atoms with E-state index in [0.29, 0.717) is 21.8 Å². The minimum Gasteiger partial charge on any atom is -0.370 e. The molecule has 1 saturated carbocycles. The molecule has 3 aromatic rings. The number of nitrogens with zero attached hydrogens (tertiary/aromatic N) is 1. The zero-order valence-corrected chi connectivity index (χ0v) is 17.0. The Kier molecular flexibility index (Phi) is 5.87. The summed E-state index contributed by atoms with van der Waals surface area (Å²) in [4.78, 5) is 16.9. The first-order valence-corrected chi connectivity index (χ1v) is 10.1. The molecule has 0 saturated heterocycles. The molecule has 0 aliphatic heterocycles. The van der Waals surface area contributed by atoms with Crippen LogP contribution in [-0.2, 0) is 4.79 Å². The van der Waals surface area contributed by atoms with E-state index < -0.39 is 42.6 Å². The number of hydrogen-bond donors (Lipinski definition) is 2. The van der Waals surface area contributed by atoms with Gasteiger partial charge in [0.25, 0.3) is 5.92 Å². The van der Waals surface area contributed by atoms with Crippen LogP contribution in [-0.4, -0.2) is 22.9 Å². The number of carbonyl (C=O) groups excluding carboxylic acids is 1. The second-order valence-electron chi connectivity index (χ2n) is 7.53. The lowest BCUT2D eigenvalue weighted by Crippen LogP contribution is -2.52. The summed E-state index contributed by atoms with van der Waals surface area (Å²) in [7, 11) is 0. The molecular formula is C23H19ClF3N3O. The molecule has 2 aromatic carbocycles. The van der Waals surface area contributed by atoms with Gasteiger partial charge in [-0.1, -0.05) is 29.8 Å². The molecular weight excluding hydrogens is 427 g/mol. The predicted octanol–water partition coefficient (Wildman–Crippen LogP) is 5.61. The summed E-state index contributed by atoms with van der Waals surface area (Å²) < 4.78 is 40.7. The van der Waals surface area contributed by atoms with Crippen molar-refractivity contribution >= 4 is 23.2 Å². The summed E-state index contributed by atoms with van der Waals surface area (Å²) in [5.41, 5.74) is 2.17. The highest BCUT2D eigenvalue weighted by atomic mass is 35.5. The maximum atomic E-state index is 14.3. The average Bonchev–Trinajstić information content (AvgIpc) is 2.71. The normalized spacial score (nSPS) is 16.3. The van der Waals surface area contributed by atoms with E-state index in [2.05, 4.69) is 15.6 Å². The molecule has 0 spiro atoms. The molecule has 1 atom stereocenters. The Morgan fingerprint density at radius 2 is 1.77 bits per heavy atom. The van der Waals surface area contributed by atoms with Crippen molar-refractivity contribution in [3.63, 3.8) is 0 Å². The standard InChI is InChI=1S/C23H19ClF3N3O/c24-20-4-2-1-3-19(20)21(22(31)30-18-12-23(26,27)13-18)29-17-10-15(9-16(25)11-17)14-5-7-28-8-6-14/h1-11,18,21,29H,12-13H2,(H,30,31). The number of hydrogen-bond acceptors (Lipinski definition) is 3.